The predicted octanol–water partition coefficient (Wildman–Crippen LogP) is 3.47. The summed E-state index contributed by atoms with van der Waals surface area (Å²) in [7, 11) is 0. The molecule has 1 atom stereocenters. The van der Waals surface area contributed by atoms with Gasteiger partial charge in [0.25, 0.3) is 0 Å². The highest BCUT2D eigenvalue weighted by Crippen LogP contribution is 2.39. The van der Waals surface area contributed by atoms with Crippen LogP contribution in [0, 0.1) is 0 Å². The van der Waals surface area contributed by atoms with Crippen molar-refractivity contribution >= 4 is 11.8 Å². The summed E-state index contributed by atoms with van der Waals surface area (Å²) in [6, 6.07) is 4.12. The molecule has 20 heavy (non-hydrogen) atoms. The van der Waals surface area contributed by atoms with Gasteiger partial charge in [0.2, 0.25) is 0 Å². The van der Waals surface area contributed by atoms with E-state index >= 15 is 0 Å². The number of alkyl halides is 3. The zero-order valence-corrected chi connectivity index (χ0v) is 11.6. The second-order valence-corrected chi connectivity index (χ2v) is 5.54. The molecule has 1 aromatic carbocycles. The number of imidazole rings is 1. The summed E-state index contributed by atoms with van der Waals surface area (Å²) in [4.78, 5) is 6.83. The summed E-state index contributed by atoms with van der Waals surface area (Å²) in [5.41, 5.74) is 5.55. The summed E-state index contributed by atoms with van der Waals surface area (Å²) in [5.74, 6) is 0. The molecule has 108 valence electrons. The first-order valence-electron chi connectivity index (χ1n) is 5.99. The fourth-order valence-electron chi connectivity index (χ4n) is 1.80. The third-order valence-corrected chi connectivity index (χ3v) is 3.58. The lowest BCUT2D eigenvalue weighted by atomic mass is 10.0. The Morgan fingerprint density at radius 1 is 1.40 bits per heavy atom. The molecular weight excluding hydrogens is 287 g/mol. The number of nitrogens with zero attached hydrogens (tertiary/aromatic N) is 1. The largest absolute Gasteiger partial charge is 0.417 e. The molecule has 3 N–H and O–H groups in total. The average Bonchev–Trinajstić information content (AvgIpc) is 2.82. The predicted molar refractivity (Wildman–Crippen MR) is 71.5 cm³/mol. The summed E-state index contributed by atoms with van der Waals surface area (Å²) in [5, 5.41) is 0.426. The lowest BCUT2D eigenvalue weighted by Crippen LogP contribution is -2.18. The van der Waals surface area contributed by atoms with E-state index < -0.39 is 11.7 Å². The molecule has 0 saturated heterocycles. The van der Waals surface area contributed by atoms with Crippen LogP contribution in [0.25, 0.3) is 0 Å². The molecule has 0 aliphatic rings. The lowest BCUT2D eigenvalue weighted by molar-refractivity contribution is -0.139. The van der Waals surface area contributed by atoms with E-state index in [1.54, 1.807) is 19.2 Å². The third kappa shape index (κ3) is 3.77. The topological polar surface area (TPSA) is 54.7 Å². The van der Waals surface area contributed by atoms with Gasteiger partial charge in [-0.15, -0.1) is 0 Å². The molecule has 0 radical (unpaired) electrons. The van der Waals surface area contributed by atoms with E-state index in [0.29, 0.717) is 17.1 Å². The maximum atomic E-state index is 13.1. The Hall–Kier alpha value is -1.47. The van der Waals surface area contributed by atoms with Gasteiger partial charge in [-0.3, -0.25) is 0 Å². The second-order valence-electron chi connectivity index (χ2n) is 4.51. The SMILES string of the molecule is CC(N)Cc1ccc(Sc2ncc[nH]2)c(C(F)(F)F)c1. The van der Waals surface area contributed by atoms with Crippen LogP contribution in [0.1, 0.15) is 18.1 Å². The summed E-state index contributed by atoms with van der Waals surface area (Å²) < 4.78 is 39.4. The number of hydrogen-bond donors (Lipinski definition) is 2. The standard InChI is InChI=1S/C13H14F3N3S/c1-8(17)6-9-2-3-11(10(7-9)13(14,15)16)20-12-18-4-5-19-12/h2-5,7-8H,6,17H2,1H3,(H,18,19). The number of nitrogens with one attached hydrogen (secondary N) is 1. The highest BCUT2D eigenvalue weighted by atomic mass is 32.2. The van der Waals surface area contributed by atoms with Crippen molar-refractivity contribution in [2.75, 3.05) is 0 Å². The van der Waals surface area contributed by atoms with Gasteiger partial charge >= 0.3 is 6.18 Å². The van der Waals surface area contributed by atoms with Crippen LogP contribution in [-0.2, 0) is 12.6 Å². The van der Waals surface area contributed by atoms with Crippen LogP contribution in [0.2, 0.25) is 0 Å². The maximum Gasteiger partial charge on any atom is 0.417 e. The van der Waals surface area contributed by atoms with Gasteiger partial charge in [0, 0.05) is 23.3 Å². The fraction of sp³-hybridized carbons (Fsp3) is 0.308. The van der Waals surface area contributed by atoms with Crippen molar-refractivity contribution in [1.82, 2.24) is 9.97 Å². The van der Waals surface area contributed by atoms with Crippen LogP contribution in [0.5, 0.6) is 0 Å². The first-order valence-corrected chi connectivity index (χ1v) is 6.81. The average molecular weight is 301 g/mol. The van der Waals surface area contributed by atoms with Gasteiger partial charge in [-0.2, -0.15) is 13.2 Å². The minimum atomic E-state index is -4.40. The third-order valence-electron chi connectivity index (χ3n) is 2.59. The minimum Gasteiger partial charge on any atom is -0.339 e. The van der Waals surface area contributed by atoms with Crippen molar-refractivity contribution in [3.8, 4) is 0 Å². The Labute approximate surface area is 118 Å². The molecule has 0 fully saturated rings. The Bertz CT molecular complexity index is 565. The van der Waals surface area contributed by atoms with Crippen LogP contribution >= 0.6 is 11.8 Å². The van der Waals surface area contributed by atoms with Gasteiger partial charge in [-0.25, -0.2) is 4.98 Å². The Morgan fingerprint density at radius 2 is 2.15 bits per heavy atom. The maximum absolute atomic E-state index is 13.1. The highest BCUT2D eigenvalue weighted by molar-refractivity contribution is 7.99. The first-order chi connectivity index (χ1) is 9.36. The smallest absolute Gasteiger partial charge is 0.339 e. The number of H-pyrrole nitrogens is 1. The molecule has 0 spiro atoms. The van der Waals surface area contributed by atoms with E-state index in [9.17, 15) is 13.2 Å². The van der Waals surface area contributed by atoms with Crippen LogP contribution in [0.3, 0.4) is 0 Å². The van der Waals surface area contributed by atoms with Crippen LogP contribution in [0.4, 0.5) is 13.2 Å². The highest BCUT2D eigenvalue weighted by Gasteiger charge is 2.34. The molecule has 0 bridgehead atoms. The van der Waals surface area contributed by atoms with Crippen LogP contribution in [0.15, 0.2) is 40.6 Å². The molecule has 0 aliphatic heterocycles. The molecule has 0 aliphatic carbocycles. The first kappa shape index (κ1) is 14.9. The number of halogens is 3. The summed E-state index contributed by atoms with van der Waals surface area (Å²) in [6.07, 6.45) is -0.919. The van der Waals surface area contributed by atoms with Crippen molar-refractivity contribution in [1.29, 1.82) is 0 Å². The van der Waals surface area contributed by atoms with E-state index in [2.05, 4.69) is 9.97 Å². The number of nitrogens with two attached hydrogens (primary N) is 1. The van der Waals surface area contributed by atoms with Crippen molar-refractivity contribution in [3.05, 3.63) is 41.7 Å². The summed E-state index contributed by atoms with van der Waals surface area (Å²) >= 11 is 0.957. The quantitative estimate of drug-likeness (QED) is 0.909. The Morgan fingerprint density at radius 3 is 2.70 bits per heavy atom. The number of rotatable bonds is 4. The minimum absolute atomic E-state index is 0.126. The number of aromatic nitrogens is 2. The molecule has 3 nitrogen and oxygen atoms in total. The lowest BCUT2D eigenvalue weighted by Gasteiger charge is -2.14. The molecule has 1 aromatic heterocycles. The molecule has 0 saturated carbocycles. The normalized spacial score (nSPS) is 13.4. The summed E-state index contributed by atoms with van der Waals surface area (Å²) in [6.45, 7) is 1.76. The van der Waals surface area contributed by atoms with E-state index in [0.717, 1.165) is 17.8 Å². The van der Waals surface area contributed by atoms with Gasteiger partial charge in [-0.1, -0.05) is 17.8 Å². The van der Waals surface area contributed by atoms with Gasteiger partial charge in [0.15, 0.2) is 5.16 Å². The van der Waals surface area contributed by atoms with Crippen molar-refractivity contribution in [2.24, 2.45) is 5.73 Å². The Kier molecular flexibility index (Phi) is 4.39. The van der Waals surface area contributed by atoms with Crippen molar-refractivity contribution in [3.63, 3.8) is 0 Å². The van der Waals surface area contributed by atoms with Gasteiger partial charge < -0.3 is 10.7 Å². The van der Waals surface area contributed by atoms with E-state index in [1.165, 1.54) is 12.3 Å². The molecule has 2 rings (SSSR count). The van der Waals surface area contributed by atoms with E-state index in [4.69, 9.17) is 5.73 Å². The number of benzene rings is 1. The van der Waals surface area contributed by atoms with Crippen LogP contribution < -0.4 is 5.73 Å². The molecule has 2 aromatic rings. The molecule has 1 heterocycles. The fourth-order valence-corrected chi connectivity index (χ4v) is 2.67. The molecule has 0 amide bonds. The molecular formula is C13H14F3N3S. The number of hydrogen-bond acceptors (Lipinski definition) is 3. The van der Waals surface area contributed by atoms with Gasteiger partial charge in [0.1, 0.15) is 0 Å². The monoisotopic (exact) mass is 301 g/mol. The second kappa shape index (κ2) is 5.88. The van der Waals surface area contributed by atoms with Gasteiger partial charge in [0.05, 0.1) is 5.56 Å². The number of aromatic amines is 1. The van der Waals surface area contributed by atoms with Crippen molar-refractivity contribution in [2.45, 2.75) is 35.6 Å². The van der Waals surface area contributed by atoms with E-state index in [1.807, 2.05) is 0 Å². The zero-order valence-electron chi connectivity index (χ0n) is 10.7. The molecule has 7 heteroatoms. The van der Waals surface area contributed by atoms with Gasteiger partial charge in [-0.05, 0) is 31.0 Å². The van der Waals surface area contributed by atoms with E-state index in [-0.39, 0.29) is 10.9 Å². The Balaban J connectivity index is 2.35. The van der Waals surface area contributed by atoms with Crippen LogP contribution in [-0.4, -0.2) is 16.0 Å². The molecule has 1 unspecified atom stereocenters. The van der Waals surface area contributed by atoms with Crippen molar-refractivity contribution < 1.29 is 13.2 Å². The zero-order chi connectivity index (χ0) is 14.8.